The summed E-state index contributed by atoms with van der Waals surface area (Å²) in [5.74, 6) is 0.267. The zero-order valence-corrected chi connectivity index (χ0v) is 17.2. The summed E-state index contributed by atoms with van der Waals surface area (Å²) in [5.41, 5.74) is 3.24. The van der Waals surface area contributed by atoms with E-state index in [1.807, 2.05) is 60.6 Å². The van der Waals surface area contributed by atoms with E-state index in [2.05, 4.69) is 11.4 Å². The quantitative estimate of drug-likeness (QED) is 0.445. The van der Waals surface area contributed by atoms with Crippen LogP contribution in [0.2, 0.25) is 0 Å². The monoisotopic (exact) mass is 337 g/mol. The van der Waals surface area contributed by atoms with Gasteiger partial charge in [0.15, 0.2) is 0 Å². The number of hydrogen-bond donors (Lipinski definition) is 1. The van der Waals surface area contributed by atoms with Crippen LogP contribution >= 0.6 is 0 Å². The molecule has 0 aliphatic heterocycles. The van der Waals surface area contributed by atoms with Crippen molar-refractivity contribution in [3.63, 3.8) is 0 Å². The molecule has 0 fully saturated rings. The number of carbonyl (C=O) groups is 2. The molecule has 0 unspecified atom stereocenters. The molecule has 1 amide bonds. The van der Waals surface area contributed by atoms with Crippen molar-refractivity contribution in [3.8, 4) is 0 Å². The van der Waals surface area contributed by atoms with Crippen LogP contribution in [0.25, 0.3) is 0 Å². The first-order valence-corrected chi connectivity index (χ1v) is 9.42. The van der Waals surface area contributed by atoms with E-state index < -0.39 is 0 Å². The Kier molecular flexibility index (Phi) is 24.2. The Hall–Kier alpha value is -1.64. The molecule has 1 aromatic carbocycles. The number of anilines is 1. The number of rotatable bonds is 8. The molecule has 24 heavy (non-hydrogen) atoms. The number of ketones is 1. The van der Waals surface area contributed by atoms with Gasteiger partial charge in [-0.3, -0.25) is 4.79 Å². The third-order valence-corrected chi connectivity index (χ3v) is 2.86. The Labute approximate surface area is 150 Å². The van der Waals surface area contributed by atoms with Crippen LogP contribution in [0, 0.1) is 6.92 Å². The first-order chi connectivity index (χ1) is 11.6. The summed E-state index contributed by atoms with van der Waals surface area (Å²) in [5, 5.41) is 2.68. The topological polar surface area (TPSA) is 46.2 Å². The number of unbranched alkanes of at least 4 members (excludes halogenated alkanes) is 2. The van der Waals surface area contributed by atoms with Gasteiger partial charge in [0.05, 0.1) is 0 Å². The summed E-state index contributed by atoms with van der Waals surface area (Å²) in [4.78, 5) is 21.2. The molecule has 1 N–H and O–H groups in total. The van der Waals surface area contributed by atoms with Gasteiger partial charge in [-0.15, -0.1) is 0 Å². The van der Waals surface area contributed by atoms with Gasteiger partial charge in [-0.25, -0.2) is 0 Å². The van der Waals surface area contributed by atoms with Gasteiger partial charge >= 0.3 is 0 Å². The van der Waals surface area contributed by atoms with E-state index in [0.29, 0.717) is 12.8 Å². The minimum Gasteiger partial charge on any atom is -0.329 e. The van der Waals surface area contributed by atoms with Crippen LogP contribution in [-0.2, 0) is 16.0 Å². The van der Waals surface area contributed by atoms with Crippen molar-refractivity contribution < 1.29 is 9.59 Å². The molecule has 0 aromatic heterocycles. The highest BCUT2D eigenvalue weighted by Gasteiger charge is 1.99. The molecule has 3 heteroatoms. The number of hydrogen-bond acceptors (Lipinski definition) is 2. The lowest BCUT2D eigenvalue weighted by molar-refractivity contribution is -0.117. The van der Waals surface area contributed by atoms with E-state index in [1.54, 1.807) is 6.92 Å². The average Bonchev–Trinajstić information content (AvgIpc) is 2.59. The fraction of sp³-hybridized carbons (Fsp3) is 0.619. The maximum Gasteiger partial charge on any atom is 0.211 e. The second-order valence-electron chi connectivity index (χ2n) is 4.73. The largest absolute Gasteiger partial charge is 0.329 e. The number of amides is 1. The predicted octanol–water partition coefficient (Wildman–Crippen LogP) is 6.33. The van der Waals surface area contributed by atoms with E-state index >= 15 is 0 Å². The molecule has 0 bridgehead atoms. The summed E-state index contributed by atoms with van der Waals surface area (Å²) in [6.07, 6.45) is 5.51. The Morgan fingerprint density at radius 1 is 0.958 bits per heavy atom. The second-order valence-corrected chi connectivity index (χ2v) is 4.73. The number of aryl methyl sites for hydroxylation is 2. The zero-order valence-electron chi connectivity index (χ0n) is 17.2. The highest BCUT2D eigenvalue weighted by Crippen LogP contribution is 2.16. The molecule has 0 saturated carbocycles. The molecule has 0 spiro atoms. The highest BCUT2D eigenvalue weighted by atomic mass is 16.1. The van der Waals surface area contributed by atoms with E-state index in [9.17, 15) is 9.59 Å². The molecule has 0 radical (unpaired) electrons. The lowest BCUT2D eigenvalue weighted by atomic mass is 10.0. The van der Waals surface area contributed by atoms with Crippen LogP contribution in [0.4, 0.5) is 5.69 Å². The summed E-state index contributed by atoms with van der Waals surface area (Å²) in [7, 11) is 0. The first-order valence-electron chi connectivity index (χ1n) is 9.42. The first kappa shape index (κ1) is 27.2. The summed E-state index contributed by atoms with van der Waals surface area (Å²) in [6.45, 7) is 15.7. The number of benzene rings is 1. The van der Waals surface area contributed by atoms with Crippen molar-refractivity contribution in [2.24, 2.45) is 0 Å². The normalized spacial score (nSPS) is 8.33. The van der Waals surface area contributed by atoms with Crippen LogP contribution < -0.4 is 5.32 Å². The third-order valence-electron chi connectivity index (χ3n) is 2.86. The van der Waals surface area contributed by atoms with Gasteiger partial charge in [-0.05, 0) is 56.4 Å². The number of carbonyl (C=O) groups excluding carboxylic acids is 2. The molecular formula is C21H39NO2. The molecule has 0 atom stereocenters. The molecular weight excluding hydrogens is 298 g/mol. The van der Waals surface area contributed by atoms with Gasteiger partial charge in [-0.2, -0.15) is 0 Å². The van der Waals surface area contributed by atoms with Crippen LogP contribution in [0.3, 0.4) is 0 Å². The molecule has 0 heterocycles. The average molecular weight is 338 g/mol. The van der Waals surface area contributed by atoms with Crippen molar-refractivity contribution in [2.45, 2.75) is 87.5 Å². The Bertz CT molecular complexity index is 414. The van der Waals surface area contributed by atoms with E-state index in [-0.39, 0.29) is 5.78 Å². The van der Waals surface area contributed by atoms with Gasteiger partial charge in [-0.1, -0.05) is 54.0 Å². The van der Waals surface area contributed by atoms with E-state index in [0.717, 1.165) is 36.9 Å². The second kappa shape index (κ2) is 21.4. The standard InChI is InChI=1S/C15H21NO2.3C2H6/c1-12-8-14(10-15(9-12)16-11-17)7-5-3-4-6-13(2)18;3*1-2/h8-11H,3-7H2,1-2H3,(H,16,17);3*1-2H3. The van der Waals surface area contributed by atoms with Crippen LogP contribution in [0.1, 0.15) is 85.3 Å². The van der Waals surface area contributed by atoms with Crippen molar-refractivity contribution in [2.75, 3.05) is 5.32 Å². The van der Waals surface area contributed by atoms with Crippen LogP contribution in [0.5, 0.6) is 0 Å². The molecule has 0 aliphatic rings. The lowest BCUT2D eigenvalue weighted by Gasteiger charge is -2.06. The Morgan fingerprint density at radius 3 is 2.04 bits per heavy atom. The van der Waals surface area contributed by atoms with Crippen LogP contribution in [-0.4, -0.2) is 12.2 Å². The van der Waals surface area contributed by atoms with E-state index in [4.69, 9.17) is 0 Å². The highest BCUT2D eigenvalue weighted by molar-refractivity contribution is 5.75. The fourth-order valence-electron chi connectivity index (χ4n) is 2.04. The van der Waals surface area contributed by atoms with Crippen LogP contribution in [0.15, 0.2) is 18.2 Å². The maximum absolute atomic E-state index is 10.8. The van der Waals surface area contributed by atoms with Gasteiger partial charge < -0.3 is 10.1 Å². The Balaban J connectivity index is -0.000000659. The van der Waals surface area contributed by atoms with Gasteiger partial charge in [0.25, 0.3) is 0 Å². The number of Topliss-reactive ketones (excluding diaryl/α,β-unsaturated/α-hetero) is 1. The predicted molar refractivity (Wildman–Crippen MR) is 108 cm³/mol. The molecule has 1 aromatic rings. The summed E-state index contributed by atoms with van der Waals surface area (Å²) < 4.78 is 0. The molecule has 0 aliphatic carbocycles. The maximum atomic E-state index is 10.8. The molecule has 3 nitrogen and oxygen atoms in total. The summed E-state index contributed by atoms with van der Waals surface area (Å²) >= 11 is 0. The SMILES string of the molecule is CC.CC.CC.CC(=O)CCCCCc1cc(C)cc(NC=O)c1. The molecule has 0 saturated heterocycles. The zero-order chi connectivity index (χ0) is 19.4. The molecule has 1 rings (SSSR count). The summed E-state index contributed by atoms with van der Waals surface area (Å²) in [6, 6.07) is 6.10. The minimum atomic E-state index is 0.267. The van der Waals surface area contributed by atoms with Gasteiger partial charge in [0, 0.05) is 12.1 Å². The molecule has 140 valence electrons. The van der Waals surface area contributed by atoms with E-state index in [1.165, 1.54) is 5.56 Å². The Morgan fingerprint density at radius 2 is 1.54 bits per heavy atom. The van der Waals surface area contributed by atoms with Gasteiger partial charge in [0.2, 0.25) is 6.41 Å². The number of nitrogens with one attached hydrogen (secondary N) is 1. The van der Waals surface area contributed by atoms with Crippen molar-refractivity contribution >= 4 is 17.9 Å². The lowest BCUT2D eigenvalue weighted by Crippen LogP contribution is -1.96. The van der Waals surface area contributed by atoms with Crippen molar-refractivity contribution in [1.29, 1.82) is 0 Å². The third kappa shape index (κ3) is 16.7. The smallest absolute Gasteiger partial charge is 0.211 e. The van der Waals surface area contributed by atoms with Crippen molar-refractivity contribution in [3.05, 3.63) is 29.3 Å². The fourth-order valence-corrected chi connectivity index (χ4v) is 2.04. The minimum absolute atomic E-state index is 0.267. The van der Waals surface area contributed by atoms with Gasteiger partial charge in [0.1, 0.15) is 5.78 Å². The van der Waals surface area contributed by atoms with Crippen molar-refractivity contribution in [1.82, 2.24) is 0 Å².